The Balaban J connectivity index is 1.10. The molecule has 1 fully saturated rings. The number of halogens is 1. The molecule has 1 atom stereocenters. The molecule has 7 rings (SSSR count). The molecule has 240 valence electrons. The second-order valence-electron chi connectivity index (χ2n) is 13.5. The fourth-order valence-electron chi connectivity index (χ4n) is 6.36. The van der Waals surface area contributed by atoms with Gasteiger partial charge in [0.25, 0.3) is 0 Å². The average molecular weight is 632 g/mol. The average Bonchev–Trinajstić information content (AvgIpc) is 3.59. The van der Waals surface area contributed by atoms with Gasteiger partial charge in [0.15, 0.2) is 0 Å². The number of hydrogen-bond donors (Lipinski definition) is 0. The second kappa shape index (κ2) is 12.4. The van der Waals surface area contributed by atoms with Crippen LogP contribution in [0.1, 0.15) is 66.5 Å². The van der Waals surface area contributed by atoms with Crippen molar-refractivity contribution in [3.8, 4) is 6.07 Å². The van der Waals surface area contributed by atoms with Gasteiger partial charge in [-0.05, 0) is 92.6 Å². The Morgan fingerprint density at radius 2 is 1.94 bits per heavy atom. The van der Waals surface area contributed by atoms with Gasteiger partial charge < -0.3 is 18.6 Å². The molecule has 0 amide bonds. The van der Waals surface area contributed by atoms with E-state index in [1.807, 2.05) is 45.2 Å². The Bertz CT molecular complexity index is 2060. The maximum Gasteiger partial charge on any atom is 0.338 e. The van der Waals surface area contributed by atoms with Gasteiger partial charge >= 0.3 is 5.97 Å². The molecule has 9 heteroatoms. The molecule has 0 bridgehead atoms. The van der Waals surface area contributed by atoms with E-state index in [4.69, 9.17) is 19.7 Å². The summed E-state index contributed by atoms with van der Waals surface area (Å²) in [5.74, 6) is 0.256. The van der Waals surface area contributed by atoms with Crippen molar-refractivity contribution in [3.05, 3.63) is 107 Å². The van der Waals surface area contributed by atoms with Gasteiger partial charge in [-0.2, -0.15) is 5.26 Å². The smallest absolute Gasteiger partial charge is 0.338 e. The van der Waals surface area contributed by atoms with E-state index in [-0.39, 0.29) is 17.9 Å². The molecule has 5 aromatic rings. The molecule has 47 heavy (non-hydrogen) atoms. The van der Waals surface area contributed by atoms with Crippen LogP contribution >= 0.6 is 0 Å². The first-order chi connectivity index (χ1) is 22.6. The SMILES string of the molecule is CC(C)(C)OC(=O)c1ccc2nc(CN3CC=C(c4ccc5ccn(Cc6ccc(C#N)cc6F)c5c4)CC3)n(C[C@@H]3CCO3)c2c1. The molecule has 0 spiro atoms. The highest BCUT2D eigenvalue weighted by Crippen LogP contribution is 2.29. The maximum absolute atomic E-state index is 14.7. The second-order valence-corrected chi connectivity index (χ2v) is 13.5. The van der Waals surface area contributed by atoms with Crippen molar-refractivity contribution in [2.75, 3.05) is 19.7 Å². The number of aromatic nitrogens is 3. The third kappa shape index (κ3) is 6.57. The number of nitrogens with zero attached hydrogens (tertiary/aromatic N) is 5. The zero-order valence-corrected chi connectivity index (χ0v) is 27.0. The number of rotatable bonds is 8. The number of hydrogen-bond acceptors (Lipinski definition) is 6. The van der Waals surface area contributed by atoms with Gasteiger partial charge in [0, 0.05) is 37.0 Å². The van der Waals surface area contributed by atoms with Crippen LogP contribution in [0.2, 0.25) is 0 Å². The predicted octanol–water partition coefficient (Wildman–Crippen LogP) is 7.08. The van der Waals surface area contributed by atoms with Crippen LogP contribution in [-0.4, -0.2) is 56.4 Å². The molecule has 3 aromatic carbocycles. The monoisotopic (exact) mass is 631 g/mol. The summed E-state index contributed by atoms with van der Waals surface area (Å²) in [6.07, 6.45) is 6.33. The summed E-state index contributed by atoms with van der Waals surface area (Å²) in [7, 11) is 0. The Labute approximate surface area is 273 Å². The lowest BCUT2D eigenvalue weighted by molar-refractivity contribution is -0.0591. The molecule has 0 aliphatic carbocycles. The molecule has 2 aliphatic rings. The van der Waals surface area contributed by atoms with Crippen molar-refractivity contribution >= 4 is 33.5 Å². The Morgan fingerprint density at radius 1 is 1.09 bits per heavy atom. The normalized spacial score (nSPS) is 17.0. The number of carbonyl (C=O) groups excluding carboxylic acids is 1. The Hall–Kier alpha value is -4.78. The lowest BCUT2D eigenvalue weighted by Gasteiger charge is -2.29. The number of benzene rings is 3. The first kappa shape index (κ1) is 30.9. The van der Waals surface area contributed by atoms with Gasteiger partial charge in [-0.15, -0.1) is 0 Å². The van der Waals surface area contributed by atoms with Crippen LogP contribution in [0.5, 0.6) is 0 Å². The zero-order valence-electron chi connectivity index (χ0n) is 27.0. The molecule has 0 saturated carbocycles. The van der Waals surface area contributed by atoms with E-state index in [0.717, 1.165) is 60.3 Å². The van der Waals surface area contributed by atoms with Crippen molar-refractivity contribution in [1.82, 2.24) is 19.0 Å². The highest BCUT2D eigenvalue weighted by atomic mass is 19.1. The number of esters is 1. The first-order valence-electron chi connectivity index (χ1n) is 16.2. The Morgan fingerprint density at radius 3 is 2.64 bits per heavy atom. The van der Waals surface area contributed by atoms with Gasteiger partial charge in [-0.1, -0.05) is 24.3 Å². The van der Waals surface area contributed by atoms with Crippen LogP contribution in [0, 0.1) is 17.1 Å². The van der Waals surface area contributed by atoms with E-state index in [0.29, 0.717) is 36.3 Å². The molecular formula is C38H38FN5O3. The van der Waals surface area contributed by atoms with Crippen molar-refractivity contribution < 1.29 is 18.7 Å². The number of nitriles is 1. The quantitative estimate of drug-likeness (QED) is 0.170. The van der Waals surface area contributed by atoms with Gasteiger partial charge in [0.1, 0.15) is 17.2 Å². The summed E-state index contributed by atoms with van der Waals surface area (Å²) in [6.45, 7) is 9.84. The van der Waals surface area contributed by atoms with E-state index in [9.17, 15) is 9.18 Å². The summed E-state index contributed by atoms with van der Waals surface area (Å²) in [5, 5.41) is 10.2. The lowest BCUT2D eigenvalue weighted by atomic mass is 9.98. The van der Waals surface area contributed by atoms with Gasteiger partial charge in [-0.25, -0.2) is 14.2 Å². The fourth-order valence-corrected chi connectivity index (χ4v) is 6.36. The fraction of sp³-hybridized carbons (Fsp3) is 0.342. The molecule has 0 N–H and O–H groups in total. The third-order valence-electron chi connectivity index (χ3n) is 8.97. The number of fused-ring (bicyclic) bond motifs is 2. The van der Waals surface area contributed by atoms with E-state index in [2.05, 4.69) is 44.4 Å². The van der Waals surface area contributed by atoms with Crippen LogP contribution in [-0.2, 0) is 29.1 Å². The lowest BCUT2D eigenvalue weighted by Crippen LogP contribution is -2.33. The first-order valence-corrected chi connectivity index (χ1v) is 16.2. The molecule has 2 aliphatic heterocycles. The predicted molar refractivity (Wildman–Crippen MR) is 179 cm³/mol. The minimum atomic E-state index is -0.570. The van der Waals surface area contributed by atoms with Crippen LogP contribution in [0.25, 0.3) is 27.5 Å². The number of carbonyl (C=O) groups is 1. The topological polar surface area (TPSA) is 85.3 Å². The van der Waals surface area contributed by atoms with Crippen molar-refractivity contribution in [1.29, 1.82) is 5.26 Å². The van der Waals surface area contributed by atoms with E-state index in [1.165, 1.54) is 17.2 Å². The van der Waals surface area contributed by atoms with Crippen LogP contribution in [0.3, 0.4) is 0 Å². The molecule has 0 radical (unpaired) electrons. The maximum atomic E-state index is 14.7. The number of ether oxygens (including phenoxy) is 2. The van der Waals surface area contributed by atoms with E-state index in [1.54, 1.807) is 18.2 Å². The molecule has 1 saturated heterocycles. The Kier molecular flexibility index (Phi) is 8.16. The van der Waals surface area contributed by atoms with Crippen LogP contribution in [0.15, 0.2) is 72.9 Å². The third-order valence-corrected chi connectivity index (χ3v) is 8.97. The summed E-state index contributed by atoms with van der Waals surface area (Å²) in [5.41, 5.74) is 6.11. The van der Waals surface area contributed by atoms with Crippen molar-refractivity contribution in [2.24, 2.45) is 0 Å². The zero-order chi connectivity index (χ0) is 32.7. The molecule has 8 nitrogen and oxygen atoms in total. The van der Waals surface area contributed by atoms with Crippen molar-refractivity contribution in [3.63, 3.8) is 0 Å². The molecule has 0 unspecified atom stereocenters. The van der Waals surface area contributed by atoms with Gasteiger partial charge in [0.05, 0.1) is 54.0 Å². The van der Waals surface area contributed by atoms with Crippen LogP contribution < -0.4 is 0 Å². The summed E-state index contributed by atoms with van der Waals surface area (Å²) >= 11 is 0. The largest absolute Gasteiger partial charge is 0.456 e. The number of imidazole rings is 1. The van der Waals surface area contributed by atoms with Gasteiger partial charge in [-0.3, -0.25) is 4.90 Å². The minimum absolute atomic E-state index is 0.145. The summed E-state index contributed by atoms with van der Waals surface area (Å²) < 4.78 is 30.3. The summed E-state index contributed by atoms with van der Waals surface area (Å²) in [6, 6.07) is 20.8. The van der Waals surface area contributed by atoms with Crippen molar-refractivity contribution in [2.45, 2.75) is 65.0 Å². The van der Waals surface area contributed by atoms with Crippen LogP contribution in [0.4, 0.5) is 4.39 Å². The molecular weight excluding hydrogens is 593 g/mol. The molecule has 2 aromatic heterocycles. The van der Waals surface area contributed by atoms with E-state index >= 15 is 0 Å². The standard InChI is InChI=1S/C38H38FN5O3/c1-38(2,3)47-37(45)29-8-9-33-35(20-29)44(23-31-13-17-46-31)36(41-33)24-42-14-10-26(11-15-42)28-7-6-27-12-16-43(34(27)19-28)22-30-5-4-25(21-40)18-32(30)39/h4-10,12,16,18-20,31H,11,13-15,17,22-24H2,1-3H3/t31-/m0/s1. The van der Waals surface area contributed by atoms with E-state index < -0.39 is 5.60 Å². The minimum Gasteiger partial charge on any atom is -0.456 e. The highest BCUT2D eigenvalue weighted by molar-refractivity contribution is 5.94. The molecule has 4 heterocycles. The summed E-state index contributed by atoms with van der Waals surface area (Å²) in [4.78, 5) is 20.3. The van der Waals surface area contributed by atoms with Gasteiger partial charge in [0.2, 0.25) is 0 Å². The highest BCUT2D eigenvalue weighted by Gasteiger charge is 2.25.